The van der Waals surface area contributed by atoms with Gasteiger partial charge in [0.05, 0.1) is 5.92 Å². The lowest BCUT2D eigenvalue weighted by Gasteiger charge is -2.35. The van der Waals surface area contributed by atoms with Crippen molar-refractivity contribution in [1.82, 2.24) is 14.4 Å². The Balaban J connectivity index is 1.70. The average Bonchev–Trinajstić information content (AvgIpc) is 3.00. The maximum atomic E-state index is 13.9. The predicted octanol–water partition coefficient (Wildman–Crippen LogP) is 2.07. The zero-order valence-corrected chi connectivity index (χ0v) is 16.3. The molecule has 1 aliphatic rings. The summed E-state index contributed by atoms with van der Waals surface area (Å²) in [5.74, 6) is -1.01. The molecule has 27 heavy (non-hydrogen) atoms. The summed E-state index contributed by atoms with van der Waals surface area (Å²) in [5, 5.41) is 3.70. The third kappa shape index (κ3) is 3.61. The monoisotopic (exact) mass is 395 g/mol. The number of aryl methyl sites for hydroxylation is 2. The van der Waals surface area contributed by atoms with Gasteiger partial charge in [-0.05, 0) is 32.4 Å². The number of sulfonamides is 1. The molecule has 0 aliphatic carbocycles. The van der Waals surface area contributed by atoms with Crippen molar-refractivity contribution in [2.24, 2.45) is 0 Å². The van der Waals surface area contributed by atoms with Gasteiger partial charge in [0.1, 0.15) is 16.4 Å². The van der Waals surface area contributed by atoms with E-state index >= 15 is 0 Å². The normalized spacial score (nSPS) is 17.1. The van der Waals surface area contributed by atoms with Crippen molar-refractivity contribution >= 4 is 15.9 Å². The van der Waals surface area contributed by atoms with Gasteiger partial charge in [-0.3, -0.25) is 4.79 Å². The summed E-state index contributed by atoms with van der Waals surface area (Å²) in [6.07, 6.45) is 0. The smallest absolute Gasteiger partial charge is 0.248 e. The first-order valence-corrected chi connectivity index (χ1v) is 10.1. The summed E-state index contributed by atoms with van der Waals surface area (Å²) >= 11 is 0. The van der Waals surface area contributed by atoms with Gasteiger partial charge < -0.3 is 9.42 Å². The van der Waals surface area contributed by atoms with Gasteiger partial charge in [0.25, 0.3) is 0 Å². The van der Waals surface area contributed by atoms with Gasteiger partial charge in [0, 0.05) is 26.2 Å². The van der Waals surface area contributed by atoms with Crippen LogP contribution in [0.25, 0.3) is 0 Å². The lowest BCUT2D eigenvalue weighted by atomic mass is 9.99. The average molecular weight is 395 g/mol. The topological polar surface area (TPSA) is 83.7 Å². The van der Waals surface area contributed by atoms with E-state index in [1.807, 2.05) is 0 Å². The Hall–Kier alpha value is -2.26. The van der Waals surface area contributed by atoms with Crippen molar-refractivity contribution in [3.63, 3.8) is 0 Å². The van der Waals surface area contributed by atoms with Crippen LogP contribution in [0.1, 0.15) is 29.9 Å². The molecule has 0 spiro atoms. The van der Waals surface area contributed by atoms with Crippen LogP contribution in [-0.4, -0.2) is 54.9 Å². The fourth-order valence-corrected chi connectivity index (χ4v) is 5.07. The first-order chi connectivity index (χ1) is 12.7. The Morgan fingerprint density at radius 1 is 1.19 bits per heavy atom. The van der Waals surface area contributed by atoms with Crippen molar-refractivity contribution < 1.29 is 22.1 Å². The molecule has 0 radical (unpaired) electrons. The Labute approximate surface area is 157 Å². The highest BCUT2D eigenvalue weighted by Gasteiger charge is 2.35. The number of rotatable bonds is 4. The number of halogens is 1. The van der Waals surface area contributed by atoms with Crippen LogP contribution < -0.4 is 0 Å². The predicted molar refractivity (Wildman–Crippen MR) is 96.1 cm³/mol. The van der Waals surface area contributed by atoms with Gasteiger partial charge in [-0.15, -0.1) is 0 Å². The quantitative estimate of drug-likeness (QED) is 0.791. The number of amides is 1. The number of aromatic nitrogens is 1. The van der Waals surface area contributed by atoms with Crippen LogP contribution in [0.5, 0.6) is 0 Å². The number of nitrogens with zero attached hydrogens (tertiary/aromatic N) is 3. The molecule has 0 bridgehead atoms. The molecule has 1 saturated heterocycles. The molecule has 1 aromatic carbocycles. The molecule has 0 saturated carbocycles. The maximum absolute atomic E-state index is 13.9. The number of carbonyl (C=O) groups is 1. The van der Waals surface area contributed by atoms with Crippen molar-refractivity contribution in [3.8, 4) is 0 Å². The van der Waals surface area contributed by atoms with Gasteiger partial charge in [-0.1, -0.05) is 23.4 Å². The minimum absolute atomic E-state index is 0.0852. The molecule has 0 N–H and O–H groups in total. The summed E-state index contributed by atoms with van der Waals surface area (Å²) in [6, 6.07) is 6.19. The zero-order chi connectivity index (χ0) is 19.8. The van der Waals surface area contributed by atoms with Gasteiger partial charge in [-0.2, -0.15) is 4.31 Å². The standard InChI is InChI=1S/C18H22FN3O4S/c1-12(15-6-4-5-7-16(15)19)18(23)21-8-10-22(11-9-21)27(24,25)17-13(2)20-26-14(17)3/h4-7,12H,8-11H2,1-3H3. The lowest BCUT2D eigenvalue weighted by Crippen LogP contribution is -2.51. The highest BCUT2D eigenvalue weighted by molar-refractivity contribution is 7.89. The second-order valence-corrected chi connectivity index (χ2v) is 8.50. The van der Waals surface area contributed by atoms with Crippen molar-refractivity contribution in [2.45, 2.75) is 31.6 Å². The van der Waals surface area contributed by atoms with Crippen LogP contribution >= 0.6 is 0 Å². The summed E-state index contributed by atoms with van der Waals surface area (Å²) in [6.45, 7) is 5.64. The van der Waals surface area contributed by atoms with Crippen molar-refractivity contribution in [2.75, 3.05) is 26.2 Å². The van der Waals surface area contributed by atoms with E-state index in [1.165, 1.54) is 10.4 Å². The molecule has 146 valence electrons. The van der Waals surface area contributed by atoms with Crippen LogP contribution in [0, 0.1) is 19.7 Å². The van der Waals surface area contributed by atoms with E-state index in [-0.39, 0.29) is 42.7 Å². The number of piperazine rings is 1. The number of benzene rings is 1. The molecule has 2 heterocycles. The molecule has 2 aromatic rings. The van der Waals surface area contributed by atoms with E-state index in [2.05, 4.69) is 5.16 Å². The highest BCUT2D eigenvalue weighted by Crippen LogP contribution is 2.26. The molecule has 9 heteroatoms. The van der Waals surface area contributed by atoms with E-state index in [4.69, 9.17) is 4.52 Å². The van der Waals surface area contributed by atoms with Crippen molar-refractivity contribution in [3.05, 3.63) is 47.1 Å². The summed E-state index contributed by atoms with van der Waals surface area (Å²) in [7, 11) is -3.73. The molecule has 1 atom stereocenters. The Bertz CT molecular complexity index is 930. The first-order valence-electron chi connectivity index (χ1n) is 8.69. The van der Waals surface area contributed by atoms with E-state index in [1.54, 1.807) is 43.9 Å². The Morgan fingerprint density at radius 3 is 2.37 bits per heavy atom. The highest BCUT2D eigenvalue weighted by atomic mass is 32.2. The lowest BCUT2D eigenvalue weighted by molar-refractivity contribution is -0.133. The SMILES string of the molecule is Cc1noc(C)c1S(=O)(=O)N1CCN(C(=O)C(C)c2ccccc2F)CC1. The van der Waals surface area contributed by atoms with Gasteiger partial charge >= 0.3 is 0 Å². The van der Waals surface area contributed by atoms with Gasteiger partial charge in [-0.25, -0.2) is 12.8 Å². The van der Waals surface area contributed by atoms with Crippen LogP contribution in [0.2, 0.25) is 0 Å². The summed E-state index contributed by atoms with van der Waals surface area (Å²) < 4.78 is 45.9. The largest absolute Gasteiger partial charge is 0.360 e. The summed E-state index contributed by atoms with van der Waals surface area (Å²) in [5.41, 5.74) is 0.660. The molecule has 1 amide bonds. The maximum Gasteiger partial charge on any atom is 0.248 e. The number of hydrogen-bond acceptors (Lipinski definition) is 5. The van der Waals surface area contributed by atoms with Crippen LogP contribution in [0.4, 0.5) is 4.39 Å². The second kappa shape index (κ2) is 7.40. The molecule has 7 nitrogen and oxygen atoms in total. The van der Waals surface area contributed by atoms with Crippen LogP contribution in [0.3, 0.4) is 0 Å². The Morgan fingerprint density at radius 2 is 1.81 bits per heavy atom. The molecule has 1 unspecified atom stereocenters. The molecular formula is C18H22FN3O4S. The third-order valence-corrected chi connectivity index (χ3v) is 7.00. The molecule has 1 fully saturated rings. The van der Waals surface area contributed by atoms with E-state index in [0.29, 0.717) is 11.3 Å². The molecule has 1 aliphatic heterocycles. The first kappa shape index (κ1) is 19.5. The minimum atomic E-state index is -3.73. The van der Waals surface area contributed by atoms with Gasteiger partial charge in [0.2, 0.25) is 15.9 Å². The molecule has 1 aromatic heterocycles. The van der Waals surface area contributed by atoms with E-state index in [0.717, 1.165) is 0 Å². The Kier molecular flexibility index (Phi) is 5.34. The number of hydrogen-bond donors (Lipinski definition) is 0. The molecular weight excluding hydrogens is 373 g/mol. The number of carbonyl (C=O) groups excluding carboxylic acids is 1. The third-order valence-electron chi connectivity index (χ3n) is 4.86. The van der Waals surface area contributed by atoms with Crippen molar-refractivity contribution in [1.29, 1.82) is 0 Å². The fraction of sp³-hybridized carbons (Fsp3) is 0.444. The minimum Gasteiger partial charge on any atom is -0.360 e. The van der Waals surface area contributed by atoms with E-state index < -0.39 is 21.8 Å². The summed E-state index contributed by atoms with van der Waals surface area (Å²) in [4.78, 5) is 14.4. The fourth-order valence-electron chi connectivity index (χ4n) is 3.35. The van der Waals surface area contributed by atoms with Crippen LogP contribution in [0.15, 0.2) is 33.7 Å². The second-order valence-electron chi connectivity index (χ2n) is 6.63. The zero-order valence-electron chi connectivity index (χ0n) is 15.5. The van der Waals surface area contributed by atoms with Crippen LogP contribution in [-0.2, 0) is 14.8 Å². The van der Waals surface area contributed by atoms with E-state index in [9.17, 15) is 17.6 Å². The van der Waals surface area contributed by atoms with Gasteiger partial charge in [0.15, 0.2) is 5.76 Å². The molecule has 3 rings (SSSR count).